The number of nitrogens with one attached hydrogen (secondary N) is 1. The van der Waals surface area contributed by atoms with Crippen molar-refractivity contribution in [3.8, 4) is 11.1 Å². The highest BCUT2D eigenvalue weighted by Gasteiger charge is 2.48. The molecule has 32 heavy (non-hydrogen) atoms. The van der Waals surface area contributed by atoms with Gasteiger partial charge in [-0.1, -0.05) is 37.1 Å². The number of nitrogens with two attached hydrogens (primary N) is 1. The van der Waals surface area contributed by atoms with Crippen LogP contribution in [0.4, 0.5) is 8.78 Å². The van der Waals surface area contributed by atoms with Crippen molar-refractivity contribution in [3.63, 3.8) is 0 Å². The number of carboxylic acids is 1. The van der Waals surface area contributed by atoms with Gasteiger partial charge in [0.1, 0.15) is 17.2 Å². The lowest BCUT2D eigenvalue weighted by atomic mass is 9.66. The van der Waals surface area contributed by atoms with E-state index in [2.05, 4.69) is 5.32 Å². The monoisotopic (exact) mass is 446 g/mol. The van der Waals surface area contributed by atoms with Gasteiger partial charge in [0.15, 0.2) is 0 Å². The highest BCUT2D eigenvalue weighted by atomic mass is 19.1. The van der Waals surface area contributed by atoms with E-state index in [4.69, 9.17) is 15.8 Å². The molecule has 6 nitrogen and oxygen atoms in total. The largest absolute Gasteiger partial charge is 0.480 e. The highest BCUT2D eigenvalue weighted by molar-refractivity contribution is 6.40. The Balaban J connectivity index is 1.50. The molecule has 2 aromatic rings. The van der Waals surface area contributed by atoms with E-state index < -0.39 is 18.6 Å². The Morgan fingerprint density at radius 3 is 2.41 bits per heavy atom. The molecule has 2 aromatic carbocycles. The summed E-state index contributed by atoms with van der Waals surface area (Å²) < 4.78 is 27.6. The number of halogens is 2. The van der Waals surface area contributed by atoms with Crippen LogP contribution in [0.15, 0.2) is 42.5 Å². The van der Waals surface area contributed by atoms with E-state index in [1.54, 1.807) is 6.07 Å². The molecule has 0 amide bonds. The minimum atomic E-state index is -1.39. The van der Waals surface area contributed by atoms with E-state index in [-0.39, 0.29) is 36.3 Å². The van der Waals surface area contributed by atoms with E-state index >= 15 is 0 Å². The second-order valence-electron chi connectivity index (χ2n) is 8.64. The molecule has 1 atom stereocenters. The summed E-state index contributed by atoms with van der Waals surface area (Å²) in [4.78, 5) is 11.8. The van der Waals surface area contributed by atoms with Gasteiger partial charge in [-0.3, -0.25) is 4.79 Å². The predicted octanol–water partition coefficient (Wildman–Crippen LogP) is 2.93. The maximum atomic E-state index is 14.5. The summed E-state index contributed by atoms with van der Waals surface area (Å²) in [6, 6.07) is 10.7. The Labute approximate surface area is 186 Å². The van der Waals surface area contributed by atoms with Gasteiger partial charge in [0.05, 0.1) is 0 Å². The lowest BCUT2D eigenvalue weighted by molar-refractivity contribution is -0.148. The van der Waals surface area contributed by atoms with Crippen LogP contribution in [0.5, 0.6) is 0 Å². The zero-order valence-electron chi connectivity index (χ0n) is 17.8. The second kappa shape index (κ2) is 10.5. The van der Waals surface area contributed by atoms with Crippen molar-refractivity contribution in [1.29, 1.82) is 0 Å². The van der Waals surface area contributed by atoms with Gasteiger partial charge in [0.25, 0.3) is 0 Å². The van der Waals surface area contributed by atoms with Gasteiger partial charge < -0.3 is 26.2 Å². The first-order valence-electron chi connectivity index (χ1n) is 10.8. The molecule has 1 fully saturated rings. The number of hydrogen-bond donors (Lipinski definition) is 5. The van der Waals surface area contributed by atoms with Gasteiger partial charge >= 0.3 is 13.1 Å². The smallest absolute Gasteiger partial charge is 0.451 e. The molecule has 1 unspecified atom stereocenters. The minimum Gasteiger partial charge on any atom is -0.480 e. The second-order valence-corrected chi connectivity index (χ2v) is 8.64. The van der Waals surface area contributed by atoms with E-state index in [0.717, 1.165) is 5.56 Å². The van der Waals surface area contributed by atoms with Crippen molar-refractivity contribution in [2.75, 3.05) is 0 Å². The molecule has 0 saturated heterocycles. The number of hydrogen-bond acceptors (Lipinski definition) is 5. The SMILES string of the molecule is NC(CCCCB(O)O)(C(=O)O)C1CC(NCc2ccc(-c3ccc(F)cc3)c(F)c2)C1. The number of carboxylic acid groups (broad SMARTS) is 1. The molecule has 1 saturated carbocycles. The van der Waals surface area contributed by atoms with Gasteiger partial charge in [-0.05, 0) is 60.8 Å². The van der Waals surface area contributed by atoms with Crippen LogP contribution in [0.1, 0.15) is 37.7 Å². The van der Waals surface area contributed by atoms with Gasteiger partial charge in [-0.25, -0.2) is 8.78 Å². The Morgan fingerprint density at radius 1 is 1.12 bits per heavy atom. The molecule has 6 N–H and O–H groups in total. The Kier molecular flexibility index (Phi) is 8.00. The Hall–Kier alpha value is -2.33. The predicted molar refractivity (Wildman–Crippen MR) is 119 cm³/mol. The summed E-state index contributed by atoms with van der Waals surface area (Å²) in [7, 11) is -1.39. The van der Waals surface area contributed by atoms with Crippen LogP contribution in [0.2, 0.25) is 6.32 Å². The topological polar surface area (TPSA) is 116 Å². The van der Waals surface area contributed by atoms with Gasteiger partial charge in [-0.2, -0.15) is 0 Å². The standard InChI is InChI=1S/C23H29BF2N2O4/c25-18-6-4-16(5-7-18)20-8-3-15(11-21(20)26)14-28-19-12-17(13-19)23(27,22(29)30)9-1-2-10-24(31)32/h3-8,11,17,19,28,31-32H,1-2,9-10,12-14,27H2,(H,29,30). The highest BCUT2D eigenvalue weighted by Crippen LogP contribution is 2.38. The molecule has 0 aromatic heterocycles. The summed E-state index contributed by atoms with van der Waals surface area (Å²) in [6.45, 7) is 0.442. The number of aliphatic carboxylic acids is 1. The average Bonchev–Trinajstić information content (AvgIpc) is 2.70. The van der Waals surface area contributed by atoms with Crippen LogP contribution >= 0.6 is 0 Å². The zero-order valence-corrected chi connectivity index (χ0v) is 17.8. The first kappa shape index (κ1) is 24.3. The molecule has 1 aliphatic rings. The molecule has 0 spiro atoms. The fraction of sp³-hybridized carbons (Fsp3) is 0.435. The first-order chi connectivity index (χ1) is 15.2. The summed E-state index contributed by atoms with van der Waals surface area (Å²) in [5.41, 5.74) is 6.64. The molecular weight excluding hydrogens is 417 g/mol. The van der Waals surface area contributed by atoms with Crippen molar-refractivity contribution in [2.24, 2.45) is 11.7 Å². The van der Waals surface area contributed by atoms with Crippen molar-refractivity contribution < 1.29 is 28.7 Å². The average molecular weight is 446 g/mol. The van der Waals surface area contributed by atoms with Crippen LogP contribution in [-0.2, 0) is 11.3 Å². The van der Waals surface area contributed by atoms with Gasteiger partial charge in [0, 0.05) is 18.2 Å². The van der Waals surface area contributed by atoms with E-state index in [1.807, 2.05) is 6.07 Å². The molecule has 0 bridgehead atoms. The first-order valence-corrected chi connectivity index (χ1v) is 10.8. The van der Waals surface area contributed by atoms with Gasteiger partial charge in [0.2, 0.25) is 0 Å². The molecule has 1 aliphatic carbocycles. The fourth-order valence-electron chi connectivity index (χ4n) is 4.23. The third kappa shape index (κ3) is 5.92. The number of unbranched alkanes of at least 4 members (excludes halogenated alkanes) is 1. The Bertz CT molecular complexity index is 923. The number of rotatable bonds is 11. The van der Waals surface area contributed by atoms with Crippen LogP contribution in [-0.4, -0.2) is 39.8 Å². The van der Waals surface area contributed by atoms with Crippen molar-refractivity contribution >= 4 is 13.1 Å². The van der Waals surface area contributed by atoms with Crippen LogP contribution in [0, 0.1) is 17.6 Å². The van der Waals surface area contributed by atoms with Gasteiger partial charge in [-0.15, -0.1) is 0 Å². The molecule has 0 heterocycles. The van der Waals surface area contributed by atoms with E-state index in [0.29, 0.717) is 43.4 Å². The maximum Gasteiger partial charge on any atom is 0.451 e. The third-order valence-electron chi connectivity index (χ3n) is 6.35. The van der Waals surface area contributed by atoms with Crippen molar-refractivity contribution in [1.82, 2.24) is 5.32 Å². The molecule has 0 radical (unpaired) electrons. The van der Waals surface area contributed by atoms with Crippen LogP contribution in [0.3, 0.4) is 0 Å². The fourth-order valence-corrected chi connectivity index (χ4v) is 4.23. The summed E-state index contributed by atoms with van der Waals surface area (Å²) >= 11 is 0. The Morgan fingerprint density at radius 2 is 1.81 bits per heavy atom. The molecular formula is C23H29BF2N2O4. The molecule has 0 aliphatic heterocycles. The molecule has 172 valence electrons. The lowest BCUT2D eigenvalue weighted by Crippen LogP contribution is -2.61. The summed E-state index contributed by atoms with van der Waals surface area (Å²) in [5, 5.41) is 30.8. The lowest BCUT2D eigenvalue weighted by Gasteiger charge is -2.45. The minimum absolute atomic E-state index is 0.0985. The summed E-state index contributed by atoms with van der Waals surface area (Å²) in [6.07, 6.45) is 2.71. The normalized spacial score (nSPS) is 19.8. The van der Waals surface area contributed by atoms with E-state index in [1.165, 1.54) is 30.3 Å². The van der Waals surface area contributed by atoms with Crippen LogP contribution < -0.4 is 11.1 Å². The molecule has 9 heteroatoms. The molecule has 3 rings (SSSR count). The van der Waals surface area contributed by atoms with Crippen LogP contribution in [0.25, 0.3) is 11.1 Å². The van der Waals surface area contributed by atoms with Crippen molar-refractivity contribution in [3.05, 3.63) is 59.7 Å². The number of benzene rings is 2. The maximum absolute atomic E-state index is 14.5. The van der Waals surface area contributed by atoms with E-state index in [9.17, 15) is 18.7 Å². The zero-order chi connectivity index (χ0) is 23.3. The third-order valence-corrected chi connectivity index (χ3v) is 6.35. The van der Waals surface area contributed by atoms with Crippen molar-refractivity contribution in [2.45, 2.75) is 56.5 Å². The number of carbonyl (C=O) groups is 1. The quantitative estimate of drug-likeness (QED) is 0.268. The summed E-state index contributed by atoms with van der Waals surface area (Å²) in [5.74, 6) is -1.97.